The van der Waals surface area contributed by atoms with Gasteiger partial charge in [-0.25, -0.2) is 19.2 Å². The van der Waals surface area contributed by atoms with Gasteiger partial charge in [0, 0.05) is 6.92 Å². The lowest BCUT2D eigenvalue weighted by Crippen LogP contribution is -2.47. The lowest BCUT2D eigenvalue weighted by molar-refractivity contribution is -0.109. The number of carbonyl (C=O) groups is 5. The van der Waals surface area contributed by atoms with Crippen LogP contribution < -0.4 is 0 Å². The summed E-state index contributed by atoms with van der Waals surface area (Å²) in [5.74, 6) is -3.02. The predicted molar refractivity (Wildman–Crippen MR) is 171 cm³/mol. The maximum absolute atomic E-state index is 13.4. The minimum Gasteiger partial charge on any atom is -0.458 e. The highest BCUT2D eigenvalue weighted by atomic mass is 32.2. The molecule has 11 heteroatoms. The topological polar surface area (TPSA) is 132 Å². The summed E-state index contributed by atoms with van der Waals surface area (Å²) in [4.78, 5) is 65.3. The maximum Gasteiger partial charge on any atom is 0.338 e. The van der Waals surface area contributed by atoms with Gasteiger partial charge < -0.3 is 23.7 Å². The summed E-state index contributed by atoms with van der Waals surface area (Å²) < 4.78 is 29.4. The van der Waals surface area contributed by atoms with Crippen LogP contribution in [0.25, 0.3) is 0 Å². The molecule has 1 heterocycles. The van der Waals surface area contributed by atoms with Crippen LogP contribution >= 0.6 is 11.8 Å². The van der Waals surface area contributed by atoms with Crippen molar-refractivity contribution >= 4 is 40.8 Å². The third-order valence-corrected chi connectivity index (χ3v) is 7.96. The van der Waals surface area contributed by atoms with E-state index < -0.39 is 60.3 Å². The molecule has 4 aromatic carbocycles. The predicted octanol–water partition coefficient (Wildman–Crippen LogP) is 5.52. The summed E-state index contributed by atoms with van der Waals surface area (Å²) in [6.45, 7) is 0.782. The van der Waals surface area contributed by atoms with Crippen molar-refractivity contribution in [2.75, 3.05) is 6.61 Å². The summed E-state index contributed by atoms with van der Waals surface area (Å²) in [7, 11) is 0. The third kappa shape index (κ3) is 8.72. The average molecular weight is 655 g/mol. The van der Waals surface area contributed by atoms with Crippen LogP contribution in [-0.4, -0.2) is 65.5 Å². The Morgan fingerprint density at radius 3 is 1.45 bits per heavy atom. The molecule has 1 fully saturated rings. The summed E-state index contributed by atoms with van der Waals surface area (Å²) in [5, 5.41) is -0.377. The van der Waals surface area contributed by atoms with Crippen LogP contribution in [0.15, 0.2) is 121 Å². The molecule has 47 heavy (non-hydrogen) atoms. The second-order valence-electron chi connectivity index (χ2n) is 10.3. The Hall–Kier alpha value is -5.26. The van der Waals surface area contributed by atoms with E-state index in [1.807, 2.05) is 0 Å². The first kappa shape index (κ1) is 33.1. The van der Waals surface area contributed by atoms with E-state index in [1.165, 1.54) is 31.2 Å². The number of thioether (sulfide) groups is 1. The van der Waals surface area contributed by atoms with E-state index in [0.717, 1.165) is 0 Å². The van der Waals surface area contributed by atoms with Gasteiger partial charge in [0.15, 0.2) is 28.9 Å². The summed E-state index contributed by atoms with van der Waals surface area (Å²) >= 11 is 0.714. The van der Waals surface area contributed by atoms with Gasteiger partial charge in [-0.1, -0.05) is 84.6 Å². The van der Waals surface area contributed by atoms with Gasteiger partial charge in [0.2, 0.25) is 0 Å². The van der Waals surface area contributed by atoms with Crippen LogP contribution in [0.1, 0.15) is 48.4 Å². The zero-order valence-electron chi connectivity index (χ0n) is 25.1. The van der Waals surface area contributed by atoms with Crippen molar-refractivity contribution in [3.63, 3.8) is 0 Å². The maximum atomic E-state index is 13.4. The smallest absolute Gasteiger partial charge is 0.338 e. The molecule has 0 aliphatic carbocycles. The minimum atomic E-state index is -1.41. The Morgan fingerprint density at radius 2 is 1.00 bits per heavy atom. The van der Waals surface area contributed by atoms with Crippen LogP contribution in [-0.2, 0) is 28.5 Å². The van der Waals surface area contributed by atoms with Crippen molar-refractivity contribution in [1.82, 2.24) is 0 Å². The van der Waals surface area contributed by atoms with Crippen molar-refractivity contribution in [2.45, 2.75) is 36.8 Å². The highest BCUT2D eigenvalue weighted by molar-refractivity contribution is 8.14. The second kappa shape index (κ2) is 15.8. The quantitative estimate of drug-likeness (QED) is 0.150. The number of ether oxygens (including phenoxy) is 5. The summed E-state index contributed by atoms with van der Waals surface area (Å²) in [6, 6.07) is 32.5. The van der Waals surface area contributed by atoms with Crippen molar-refractivity contribution in [1.29, 1.82) is 0 Å². The van der Waals surface area contributed by atoms with Gasteiger partial charge in [0.25, 0.3) is 0 Å². The minimum absolute atomic E-state index is 0.190. The van der Waals surface area contributed by atoms with Crippen LogP contribution in [0.5, 0.6) is 0 Å². The molecule has 0 radical (unpaired) electrons. The number of rotatable bonds is 11. The molecule has 1 aliphatic rings. The Kier molecular flexibility index (Phi) is 11.2. The van der Waals surface area contributed by atoms with Gasteiger partial charge >= 0.3 is 23.9 Å². The lowest BCUT2D eigenvalue weighted by Gasteiger charge is -2.28. The number of hydrogen-bond acceptors (Lipinski definition) is 11. The fourth-order valence-electron chi connectivity index (χ4n) is 4.79. The summed E-state index contributed by atoms with van der Waals surface area (Å²) in [6.07, 6.45) is -5.46. The molecule has 5 rings (SSSR count). The van der Waals surface area contributed by atoms with Gasteiger partial charge in [-0.15, -0.1) is 0 Å². The molecule has 0 spiro atoms. The second-order valence-corrected chi connectivity index (χ2v) is 11.6. The first-order valence-corrected chi connectivity index (χ1v) is 15.5. The van der Waals surface area contributed by atoms with E-state index in [9.17, 15) is 24.0 Å². The normalized spacial score (nSPS) is 19.2. The van der Waals surface area contributed by atoms with Crippen molar-refractivity contribution < 1.29 is 47.7 Å². The summed E-state index contributed by atoms with van der Waals surface area (Å²) in [5.41, 5.74) is -0.333. The van der Waals surface area contributed by atoms with Gasteiger partial charge in [-0.05, 0) is 48.5 Å². The van der Waals surface area contributed by atoms with E-state index >= 15 is 0 Å². The molecule has 0 N–H and O–H groups in total. The van der Waals surface area contributed by atoms with Crippen LogP contribution in [0.4, 0.5) is 0 Å². The van der Waals surface area contributed by atoms with Gasteiger partial charge in [0.1, 0.15) is 12.7 Å². The Bertz CT molecular complexity index is 1680. The standard InChI is InChI=1S/C36H30O10S/c1-23(37)47-36-31(45-35(41)27-20-12-5-13-21-27)30(44-34(40)26-18-10-4-11-19-26)29(46-36)28(43-33(39)25-16-8-3-9-17-25)22-42-32(38)24-14-6-2-7-15-24/h2-21,28-31,36H,22H2,1H3/t28-,29+,30+,31-,36-/m1/s1. The van der Waals surface area contributed by atoms with Crippen molar-refractivity contribution in [3.05, 3.63) is 144 Å². The molecule has 4 aromatic rings. The molecule has 0 saturated carbocycles. The van der Waals surface area contributed by atoms with E-state index in [4.69, 9.17) is 23.7 Å². The molecule has 240 valence electrons. The molecular formula is C36H30O10S. The van der Waals surface area contributed by atoms with Crippen molar-refractivity contribution in [3.8, 4) is 0 Å². The van der Waals surface area contributed by atoms with E-state index in [0.29, 0.717) is 11.8 Å². The fourth-order valence-corrected chi connectivity index (χ4v) is 5.64. The molecule has 0 unspecified atom stereocenters. The van der Waals surface area contributed by atoms with Crippen LogP contribution in [0.2, 0.25) is 0 Å². The van der Waals surface area contributed by atoms with Gasteiger partial charge in [-0.3, -0.25) is 4.79 Å². The number of esters is 4. The van der Waals surface area contributed by atoms with E-state index in [-0.39, 0.29) is 27.4 Å². The van der Waals surface area contributed by atoms with Crippen LogP contribution in [0, 0.1) is 0 Å². The molecule has 1 aliphatic heterocycles. The van der Waals surface area contributed by atoms with Gasteiger partial charge in [0.05, 0.1) is 22.3 Å². The first-order chi connectivity index (χ1) is 22.8. The molecule has 0 bridgehead atoms. The van der Waals surface area contributed by atoms with Crippen LogP contribution in [0.3, 0.4) is 0 Å². The average Bonchev–Trinajstić information content (AvgIpc) is 3.42. The zero-order valence-corrected chi connectivity index (χ0v) is 25.9. The van der Waals surface area contributed by atoms with Crippen molar-refractivity contribution in [2.24, 2.45) is 0 Å². The Balaban J connectivity index is 1.51. The van der Waals surface area contributed by atoms with E-state index in [2.05, 4.69) is 0 Å². The third-order valence-electron chi connectivity index (χ3n) is 7.02. The Labute approximate surface area is 274 Å². The zero-order chi connectivity index (χ0) is 33.2. The number of hydrogen-bond donors (Lipinski definition) is 0. The fraction of sp³-hybridized carbons (Fsp3) is 0.194. The highest BCUT2D eigenvalue weighted by Crippen LogP contribution is 2.37. The molecule has 10 nitrogen and oxygen atoms in total. The molecule has 0 amide bonds. The largest absolute Gasteiger partial charge is 0.458 e. The van der Waals surface area contributed by atoms with E-state index in [1.54, 1.807) is 97.1 Å². The Morgan fingerprint density at radius 1 is 0.596 bits per heavy atom. The first-order valence-electron chi connectivity index (χ1n) is 14.6. The molecule has 0 aromatic heterocycles. The molecule has 1 saturated heterocycles. The SMILES string of the molecule is CC(=O)S[C@H]1O[C@@H]([C@@H](COC(=O)c2ccccc2)OC(=O)c2ccccc2)[C@H](OC(=O)c2ccccc2)[C@H]1OC(=O)c1ccccc1. The number of carbonyl (C=O) groups excluding carboxylic acids is 5. The van der Waals surface area contributed by atoms with Gasteiger partial charge in [-0.2, -0.15) is 0 Å². The highest BCUT2D eigenvalue weighted by Gasteiger charge is 2.54. The number of benzene rings is 4. The monoisotopic (exact) mass is 654 g/mol. The molecular weight excluding hydrogens is 624 g/mol. The molecule has 5 atom stereocenters. The lowest BCUT2D eigenvalue weighted by atomic mass is 10.1.